The maximum Gasteiger partial charge on any atom is 0.335 e. The highest BCUT2D eigenvalue weighted by Gasteiger charge is 2.40. The highest BCUT2D eigenvalue weighted by Crippen LogP contribution is 2.35. The van der Waals surface area contributed by atoms with Gasteiger partial charge in [-0.2, -0.15) is 0 Å². The van der Waals surface area contributed by atoms with Crippen molar-refractivity contribution in [3.63, 3.8) is 0 Å². The minimum Gasteiger partial charge on any atom is -0.479 e. The fourth-order valence-electron chi connectivity index (χ4n) is 3.92. The van der Waals surface area contributed by atoms with Crippen LogP contribution in [-0.2, 0) is 14.3 Å². The number of likely N-dealkylation sites (tertiary alicyclic amines) is 1. The lowest BCUT2D eigenvalue weighted by atomic mass is 9.75. The Kier molecular flexibility index (Phi) is 6.26. The molecule has 2 aliphatic rings. The van der Waals surface area contributed by atoms with Crippen LogP contribution in [0.5, 0.6) is 0 Å². The third-order valence-electron chi connectivity index (χ3n) is 5.72. The number of aliphatic carboxylic acids is 1. The average Bonchev–Trinajstić information content (AvgIpc) is 2.53. The van der Waals surface area contributed by atoms with E-state index in [1.165, 1.54) is 6.42 Å². The van der Waals surface area contributed by atoms with Gasteiger partial charge >= 0.3 is 5.97 Å². The van der Waals surface area contributed by atoms with Crippen LogP contribution >= 0.6 is 0 Å². The molecule has 1 saturated carbocycles. The van der Waals surface area contributed by atoms with Crippen LogP contribution in [0.2, 0.25) is 0 Å². The molecule has 1 amide bonds. The van der Waals surface area contributed by atoms with Gasteiger partial charge in [0.05, 0.1) is 6.10 Å². The summed E-state index contributed by atoms with van der Waals surface area (Å²) < 4.78 is 5.97. The lowest BCUT2D eigenvalue weighted by molar-refractivity contribution is -0.166. The number of rotatable bonds is 5. The van der Waals surface area contributed by atoms with Crippen LogP contribution in [0.3, 0.4) is 0 Å². The van der Waals surface area contributed by atoms with Gasteiger partial charge in [0, 0.05) is 25.9 Å². The van der Waals surface area contributed by atoms with Crippen molar-refractivity contribution in [3.8, 4) is 0 Å². The van der Waals surface area contributed by atoms with Crippen LogP contribution in [-0.4, -0.2) is 58.4 Å². The van der Waals surface area contributed by atoms with E-state index in [-0.39, 0.29) is 44.5 Å². The number of hydrogen-bond donors (Lipinski definition) is 2. The number of carbonyl (C=O) groups is 2. The summed E-state index contributed by atoms with van der Waals surface area (Å²) in [5.41, 5.74) is -1.70. The van der Waals surface area contributed by atoms with E-state index in [0.29, 0.717) is 17.8 Å². The SMILES string of the molecule is CC1CCC(C(C)C)C(OCC(=O)N2CCC(O)(C(=O)O)CC2)C1. The maximum atomic E-state index is 12.4. The van der Waals surface area contributed by atoms with Gasteiger partial charge in [-0.1, -0.05) is 27.2 Å². The Morgan fingerprint density at radius 2 is 1.88 bits per heavy atom. The predicted octanol–water partition coefficient (Wildman–Crippen LogP) is 1.90. The van der Waals surface area contributed by atoms with Gasteiger partial charge in [0.2, 0.25) is 5.91 Å². The quantitative estimate of drug-likeness (QED) is 0.797. The highest BCUT2D eigenvalue weighted by molar-refractivity contribution is 5.80. The molecule has 24 heavy (non-hydrogen) atoms. The monoisotopic (exact) mass is 341 g/mol. The van der Waals surface area contributed by atoms with Gasteiger partial charge in [-0.3, -0.25) is 4.79 Å². The summed E-state index contributed by atoms with van der Waals surface area (Å²) in [5.74, 6) is 0.344. The minimum absolute atomic E-state index is 0.0477. The van der Waals surface area contributed by atoms with Crippen LogP contribution in [0.1, 0.15) is 52.9 Å². The molecular formula is C18H31NO5. The van der Waals surface area contributed by atoms with E-state index >= 15 is 0 Å². The second kappa shape index (κ2) is 7.83. The van der Waals surface area contributed by atoms with E-state index in [9.17, 15) is 14.7 Å². The molecule has 0 bridgehead atoms. The Morgan fingerprint density at radius 3 is 2.42 bits per heavy atom. The number of nitrogens with zero attached hydrogens (tertiary/aromatic N) is 1. The molecule has 0 spiro atoms. The normalized spacial score (nSPS) is 30.4. The van der Waals surface area contributed by atoms with Crippen molar-refractivity contribution in [2.75, 3.05) is 19.7 Å². The minimum atomic E-state index is -1.70. The van der Waals surface area contributed by atoms with Gasteiger partial charge in [-0.15, -0.1) is 0 Å². The van der Waals surface area contributed by atoms with E-state index in [1.54, 1.807) is 4.90 Å². The largest absolute Gasteiger partial charge is 0.479 e. The molecule has 2 fully saturated rings. The first kappa shape index (κ1) is 19.2. The summed E-state index contributed by atoms with van der Waals surface area (Å²) in [6.07, 6.45) is 3.63. The van der Waals surface area contributed by atoms with E-state index in [1.807, 2.05) is 0 Å². The van der Waals surface area contributed by atoms with Crippen LogP contribution < -0.4 is 0 Å². The second-order valence-corrected chi connectivity index (χ2v) is 7.89. The van der Waals surface area contributed by atoms with Crippen molar-refractivity contribution in [2.24, 2.45) is 17.8 Å². The molecule has 0 aromatic carbocycles. The van der Waals surface area contributed by atoms with Crippen molar-refractivity contribution in [2.45, 2.75) is 64.6 Å². The Labute approximate surface area is 144 Å². The van der Waals surface area contributed by atoms with E-state index < -0.39 is 11.6 Å². The molecule has 3 unspecified atom stereocenters. The molecule has 0 radical (unpaired) electrons. The third kappa shape index (κ3) is 4.48. The van der Waals surface area contributed by atoms with Crippen LogP contribution in [0.15, 0.2) is 0 Å². The molecule has 2 N–H and O–H groups in total. The average molecular weight is 341 g/mol. The third-order valence-corrected chi connectivity index (χ3v) is 5.72. The molecule has 6 nitrogen and oxygen atoms in total. The van der Waals surface area contributed by atoms with Crippen molar-refractivity contribution in [1.82, 2.24) is 4.90 Å². The molecule has 138 valence electrons. The highest BCUT2D eigenvalue weighted by atomic mass is 16.5. The number of amides is 1. The Morgan fingerprint density at radius 1 is 1.25 bits per heavy atom. The van der Waals surface area contributed by atoms with Crippen LogP contribution in [0.4, 0.5) is 0 Å². The first-order valence-corrected chi connectivity index (χ1v) is 9.08. The number of carboxylic acid groups (broad SMARTS) is 1. The zero-order chi connectivity index (χ0) is 17.9. The van der Waals surface area contributed by atoms with Crippen LogP contribution in [0.25, 0.3) is 0 Å². The Hall–Kier alpha value is -1.14. The summed E-state index contributed by atoms with van der Waals surface area (Å²) in [4.78, 5) is 25.0. The molecule has 1 heterocycles. The zero-order valence-electron chi connectivity index (χ0n) is 15.0. The first-order valence-electron chi connectivity index (χ1n) is 9.08. The fourth-order valence-corrected chi connectivity index (χ4v) is 3.92. The fraction of sp³-hybridized carbons (Fsp3) is 0.889. The summed E-state index contributed by atoms with van der Waals surface area (Å²) >= 11 is 0. The van der Waals surface area contributed by atoms with Gasteiger partial charge in [0.25, 0.3) is 0 Å². The molecule has 1 aliphatic carbocycles. The second-order valence-electron chi connectivity index (χ2n) is 7.89. The van der Waals surface area contributed by atoms with Gasteiger partial charge in [-0.25, -0.2) is 4.79 Å². The smallest absolute Gasteiger partial charge is 0.335 e. The maximum absolute atomic E-state index is 12.4. The van der Waals surface area contributed by atoms with Gasteiger partial charge in [0.1, 0.15) is 6.61 Å². The van der Waals surface area contributed by atoms with E-state index in [0.717, 1.165) is 12.8 Å². The molecule has 1 aliphatic heterocycles. The molecule has 3 atom stereocenters. The number of aliphatic hydroxyl groups is 1. The first-order chi connectivity index (χ1) is 11.2. The van der Waals surface area contributed by atoms with Crippen LogP contribution in [0, 0.1) is 17.8 Å². The molecule has 0 aromatic heterocycles. The van der Waals surface area contributed by atoms with E-state index in [4.69, 9.17) is 9.84 Å². The number of ether oxygens (including phenoxy) is 1. The number of piperidine rings is 1. The van der Waals surface area contributed by atoms with Crippen molar-refractivity contribution >= 4 is 11.9 Å². The molecule has 2 rings (SSSR count). The summed E-state index contributed by atoms with van der Waals surface area (Å²) in [7, 11) is 0. The standard InChI is InChI=1S/C18H31NO5/c1-12(2)14-5-4-13(3)10-15(14)24-11-16(20)19-8-6-18(23,7-9-19)17(21)22/h12-15,23H,4-11H2,1-3H3,(H,21,22). The number of hydrogen-bond acceptors (Lipinski definition) is 4. The Bertz CT molecular complexity index is 456. The summed E-state index contributed by atoms with van der Waals surface area (Å²) in [5, 5.41) is 19.0. The molecule has 1 saturated heterocycles. The molecular weight excluding hydrogens is 310 g/mol. The Balaban J connectivity index is 1.83. The lowest BCUT2D eigenvalue weighted by Gasteiger charge is -2.38. The predicted molar refractivity (Wildman–Crippen MR) is 89.5 cm³/mol. The van der Waals surface area contributed by atoms with Gasteiger partial charge < -0.3 is 19.8 Å². The summed E-state index contributed by atoms with van der Waals surface area (Å²) in [6, 6.07) is 0. The number of carboxylic acids is 1. The van der Waals surface area contributed by atoms with Crippen molar-refractivity contribution in [1.29, 1.82) is 0 Å². The zero-order valence-corrected chi connectivity index (χ0v) is 15.0. The summed E-state index contributed by atoms with van der Waals surface area (Å²) in [6.45, 7) is 7.21. The molecule has 0 aromatic rings. The topological polar surface area (TPSA) is 87.1 Å². The van der Waals surface area contributed by atoms with Crippen molar-refractivity contribution in [3.05, 3.63) is 0 Å². The lowest BCUT2D eigenvalue weighted by Crippen LogP contribution is -2.51. The van der Waals surface area contributed by atoms with Gasteiger partial charge in [0.15, 0.2) is 5.60 Å². The van der Waals surface area contributed by atoms with Gasteiger partial charge in [-0.05, 0) is 30.6 Å². The number of carbonyl (C=O) groups excluding carboxylic acids is 1. The van der Waals surface area contributed by atoms with Crippen molar-refractivity contribution < 1.29 is 24.5 Å². The van der Waals surface area contributed by atoms with E-state index in [2.05, 4.69) is 20.8 Å². The molecule has 6 heteroatoms.